The van der Waals surface area contributed by atoms with Gasteiger partial charge >= 0.3 is 6.18 Å². The molecule has 0 bridgehead atoms. The number of carbonyl (C=O) groups is 1. The Bertz CT molecular complexity index is 745. The molecular formula is C18H20F3N3OS. The summed E-state index contributed by atoms with van der Waals surface area (Å²) in [6, 6.07) is 10.3. The summed E-state index contributed by atoms with van der Waals surface area (Å²) in [4.78, 5) is 21.7. The number of halogens is 3. The average Bonchev–Trinajstić information content (AvgIpc) is 2.57. The summed E-state index contributed by atoms with van der Waals surface area (Å²) in [6.45, 7) is 6.17. The fourth-order valence-corrected chi connectivity index (χ4v) is 2.94. The summed E-state index contributed by atoms with van der Waals surface area (Å²) >= 11 is 0.900. The van der Waals surface area contributed by atoms with Crippen molar-refractivity contribution in [3.63, 3.8) is 0 Å². The van der Waals surface area contributed by atoms with Crippen LogP contribution in [0.1, 0.15) is 32.0 Å². The zero-order valence-corrected chi connectivity index (χ0v) is 15.6. The number of benzene rings is 1. The van der Waals surface area contributed by atoms with Crippen molar-refractivity contribution in [2.24, 2.45) is 0 Å². The molecule has 0 radical (unpaired) electrons. The molecule has 0 N–H and O–H groups in total. The number of carbonyl (C=O) groups excluding carboxylic acids is 1. The number of thioether (sulfide) groups is 1. The smallest absolute Gasteiger partial charge is 0.333 e. The van der Waals surface area contributed by atoms with Gasteiger partial charge in [-0.1, -0.05) is 42.1 Å². The summed E-state index contributed by atoms with van der Waals surface area (Å²) in [5, 5.41) is -0.0678. The van der Waals surface area contributed by atoms with Crippen LogP contribution in [0, 0.1) is 0 Å². The maximum Gasteiger partial charge on any atom is 0.433 e. The molecule has 2 rings (SSSR count). The van der Waals surface area contributed by atoms with Gasteiger partial charge in [0.1, 0.15) is 5.69 Å². The average molecular weight is 383 g/mol. The van der Waals surface area contributed by atoms with Crippen molar-refractivity contribution < 1.29 is 18.0 Å². The molecule has 4 nitrogen and oxygen atoms in total. The van der Waals surface area contributed by atoms with Crippen molar-refractivity contribution >= 4 is 17.7 Å². The largest absolute Gasteiger partial charge is 0.433 e. The molecule has 26 heavy (non-hydrogen) atoms. The lowest BCUT2D eigenvalue weighted by atomic mass is 10.0. The predicted molar refractivity (Wildman–Crippen MR) is 94.5 cm³/mol. The fourth-order valence-electron chi connectivity index (χ4n) is 2.24. The van der Waals surface area contributed by atoms with Crippen molar-refractivity contribution in [2.45, 2.75) is 44.2 Å². The summed E-state index contributed by atoms with van der Waals surface area (Å²) in [5.41, 5.74) is -0.460. The molecular weight excluding hydrogens is 363 g/mol. The highest BCUT2D eigenvalue weighted by Gasteiger charge is 2.33. The van der Waals surface area contributed by atoms with Crippen LogP contribution in [0.5, 0.6) is 0 Å². The molecule has 0 spiro atoms. The van der Waals surface area contributed by atoms with Crippen LogP contribution in [0.15, 0.2) is 47.8 Å². The Labute approximate surface area is 154 Å². The zero-order chi connectivity index (χ0) is 19.4. The molecule has 8 heteroatoms. The third-order valence-electron chi connectivity index (χ3n) is 3.54. The number of hydrogen-bond acceptors (Lipinski definition) is 4. The molecule has 1 aromatic carbocycles. The highest BCUT2D eigenvalue weighted by Crippen LogP contribution is 2.28. The molecule has 2 aromatic rings. The fraction of sp³-hybridized carbons (Fsp3) is 0.389. The van der Waals surface area contributed by atoms with E-state index in [1.54, 1.807) is 4.90 Å². The van der Waals surface area contributed by atoms with Crippen LogP contribution >= 0.6 is 11.8 Å². The van der Waals surface area contributed by atoms with Crippen molar-refractivity contribution in [3.8, 4) is 0 Å². The van der Waals surface area contributed by atoms with Gasteiger partial charge < -0.3 is 4.90 Å². The van der Waals surface area contributed by atoms with Gasteiger partial charge in [0.2, 0.25) is 5.91 Å². The minimum atomic E-state index is -4.53. The van der Waals surface area contributed by atoms with Crippen molar-refractivity contribution in [2.75, 3.05) is 5.75 Å². The molecule has 0 unspecified atom stereocenters. The lowest BCUT2D eigenvalue weighted by molar-refractivity contribution is -0.141. The van der Waals surface area contributed by atoms with Gasteiger partial charge in [-0.3, -0.25) is 4.79 Å². The van der Waals surface area contributed by atoms with E-state index in [0.29, 0.717) is 6.54 Å². The minimum Gasteiger partial charge on any atom is -0.333 e. The van der Waals surface area contributed by atoms with E-state index in [0.717, 1.165) is 29.6 Å². The van der Waals surface area contributed by atoms with Crippen molar-refractivity contribution in [3.05, 3.63) is 53.9 Å². The Morgan fingerprint density at radius 1 is 1.12 bits per heavy atom. The number of rotatable bonds is 5. The highest BCUT2D eigenvalue weighted by atomic mass is 32.2. The molecule has 0 saturated heterocycles. The van der Waals surface area contributed by atoms with Crippen LogP contribution in [0.25, 0.3) is 0 Å². The molecule has 0 atom stereocenters. The number of amides is 1. The second kappa shape index (κ2) is 8.07. The third-order valence-corrected chi connectivity index (χ3v) is 4.39. The lowest BCUT2D eigenvalue weighted by Crippen LogP contribution is -2.45. The first kappa shape index (κ1) is 20.2. The number of nitrogens with zero attached hydrogens (tertiary/aromatic N) is 3. The van der Waals surface area contributed by atoms with E-state index in [4.69, 9.17) is 0 Å². The van der Waals surface area contributed by atoms with E-state index in [-0.39, 0.29) is 16.8 Å². The summed E-state index contributed by atoms with van der Waals surface area (Å²) < 4.78 is 38.2. The monoisotopic (exact) mass is 383 g/mol. The van der Waals surface area contributed by atoms with Gasteiger partial charge in [0.15, 0.2) is 5.16 Å². The molecule has 0 saturated carbocycles. The summed E-state index contributed by atoms with van der Waals surface area (Å²) in [7, 11) is 0. The van der Waals surface area contributed by atoms with Gasteiger partial charge in [-0.15, -0.1) is 0 Å². The molecule has 0 aliphatic carbocycles. The third kappa shape index (κ3) is 5.72. The highest BCUT2D eigenvalue weighted by molar-refractivity contribution is 7.99. The van der Waals surface area contributed by atoms with E-state index in [2.05, 4.69) is 9.97 Å². The lowest BCUT2D eigenvalue weighted by Gasteiger charge is -2.36. The SMILES string of the molecule is CC(C)(C)N(Cc1ccccc1)C(=O)CSc1nccc(C(F)(F)F)n1. The van der Waals surface area contributed by atoms with Gasteiger partial charge in [0.25, 0.3) is 0 Å². The van der Waals surface area contributed by atoms with E-state index >= 15 is 0 Å². The van der Waals surface area contributed by atoms with E-state index in [1.807, 2.05) is 51.1 Å². The normalized spacial score (nSPS) is 12.1. The second-order valence-corrected chi connectivity index (χ2v) is 7.59. The van der Waals surface area contributed by atoms with Gasteiger partial charge in [-0.05, 0) is 32.4 Å². The van der Waals surface area contributed by atoms with E-state index < -0.39 is 17.4 Å². The van der Waals surface area contributed by atoms with Gasteiger partial charge in [-0.2, -0.15) is 13.2 Å². The van der Waals surface area contributed by atoms with Crippen LogP contribution in [-0.2, 0) is 17.5 Å². The van der Waals surface area contributed by atoms with Gasteiger partial charge in [-0.25, -0.2) is 9.97 Å². The van der Waals surface area contributed by atoms with Gasteiger partial charge in [0.05, 0.1) is 5.75 Å². The van der Waals surface area contributed by atoms with Crippen molar-refractivity contribution in [1.82, 2.24) is 14.9 Å². The molecule has 140 valence electrons. The Hall–Kier alpha value is -2.09. The first-order valence-corrected chi connectivity index (χ1v) is 8.93. The van der Waals surface area contributed by atoms with E-state index in [9.17, 15) is 18.0 Å². The van der Waals surface area contributed by atoms with Crippen LogP contribution < -0.4 is 0 Å². The van der Waals surface area contributed by atoms with Crippen molar-refractivity contribution in [1.29, 1.82) is 0 Å². The van der Waals surface area contributed by atoms with Gasteiger partial charge in [0, 0.05) is 18.3 Å². The van der Waals surface area contributed by atoms with Crippen LogP contribution in [-0.4, -0.2) is 32.1 Å². The zero-order valence-electron chi connectivity index (χ0n) is 14.7. The molecule has 1 amide bonds. The summed E-state index contributed by atoms with van der Waals surface area (Å²) in [6.07, 6.45) is -3.48. The summed E-state index contributed by atoms with van der Waals surface area (Å²) in [5.74, 6) is -0.224. The molecule has 1 heterocycles. The Morgan fingerprint density at radius 3 is 2.35 bits per heavy atom. The molecule has 0 aliphatic heterocycles. The Balaban J connectivity index is 2.08. The topological polar surface area (TPSA) is 46.1 Å². The first-order chi connectivity index (χ1) is 12.1. The Kier molecular flexibility index (Phi) is 6.28. The number of aromatic nitrogens is 2. The second-order valence-electron chi connectivity index (χ2n) is 6.65. The number of hydrogen-bond donors (Lipinski definition) is 0. The maximum atomic E-state index is 12.7. The molecule has 0 fully saturated rings. The Morgan fingerprint density at radius 2 is 1.77 bits per heavy atom. The molecule has 0 aliphatic rings. The van der Waals surface area contributed by atoms with Crippen LogP contribution in [0.4, 0.5) is 13.2 Å². The predicted octanol–water partition coefficient (Wildman–Crippen LogP) is 4.41. The maximum absolute atomic E-state index is 12.7. The number of alkyl halides is 3. The minimum absolute atomic E-state index is 0.0363. The molecule has 1 aromatic heterocycles. The first-order valence-electron chi connectivity index (χ1n) is 7.95. The van der Waals surface area contributed by atoms with E-state index in [1.165, 1.54) is 0 Å². The standard InChI is InChI=1S/C18H20F3N3OS/c1-17(2,3)24(11-13-7-5-4-6-8-13)15(25)12-26-16-22-10-9-14(23-16)18(19,20)21/h4-10H,11-12H2,1-3H3. The van der Waals surface area contributed by atoms with Crippen LogP contribution in [0.2, 0.25) is 0 Å². The van der Waals surface area contributed by atoms with Crippen LogP contribution in [0.3, 0.4) is 0 Å². The quantitative estimate of drug-likeness (QED) is 0.567.